The van der Waals surface area contributed by atoms with Gasteiger partial charge in [0, 0.05) is 26.1 Å². The van der Waals surface area contributed by atoms with E-state index < -0.39 is 55.4 Å². The van der Waals surface area contributed by atoms with Crippen molar-refractivity contribution in [3.63, 3.8) is 0 Å². The lowest BCUT2D eigenvalue weighted by molar-refractivity contribution is -0.443. The average Bonchev–Trinajstić information content (AvgIpc) is 2.85. The molecule has 0 saturated carbocycles. The highest BCUT2D eigenvalue weighted by molar-refractivity contribution is 5.74. The number of hydrogen-bond donors (Lipinski definition) is 2. The van der Waals surface area contributed by atoms with Crippen LogP contribution in [0.25, 0.3) is 0 Å². The number of nitrogens with zero attached hydrogens (tertiary/aromatic N) is 1. The van der Waals surface area contributed by atoms with Crippen LogP contribution in [0.5, 0.6) is 5.75 Å². The van der Waals surface area contributed by atoms with E-state index >= 15 is 0 Å². The Morgan fingerprint density at radius 3 is 1.98 bits per heavy atom. The molecule has 0 aromatic heterocycles. The van der Waals surface area contributed by atoms with Gasteiger partial charge in [0.15, 0.2) is 6.10 Å². The molecule has 0 spiro atoms. The van der Waals surface area contributed by atoms with Gasteiger partial charge in [0.25, 0.3) is 0 Å². The van der Waals surface area contributed by atoms with Gasteiger partial charge in [0.2, 0.25) is 0 Å². The number of carboxylic acid groups (broad SMARTS) is 1. The van der Waals surface area contributed by atoms with Gasteiger partial charge < -0.3 is 29.5 Å². The van der Waals surface area contributed by atoms with Gasteiger partial charge in [0.1, 0.15) is 12.4 Å². The topological polar surface area (TPSA) is 97.3 Å². The molecular formula is C24H31F9N2O6. The average molecular weight is 615 g/mol. The minimum atomic E-state index is -7.10. The molecule has 0 fully saturated rings. The Hall–Kier alpha value is -2.95. The van der Waals surface area contributed by atoms with Crippen LogP contribution in [-0.4, -0.2) is 91.7 Å². The number of nitrogens with one attached hydrogen (secondary N) is 1. The van der Waals surface area contributed by atoms with Crippen LogP contribution >= 0.6 is 0 Å². The number of amides is 2. The van der Waals surface area contributed by atoms with E-state index in [1.807, 2.05) is 0 Å². The van der Waals surface area contributed by atoms with Gasteiger partial charge in [-0.05, 0) is 30.5 Å². The number of carbonyl (C=O) groups is 2. The van der Waals surface area contributed by atoms with Crippen LogP contribution in [0.15, 0.2) is 24.3 Å². The maximum absolute atomic E-state index is 13.7. The van der Waals surface area contributed by atoms with Crippen molar-refractivity contribution < 1.29 is 68.4 Å². The Kier molecular flexibility index (Phi) is 13.0. The normalized spacial score (nSPS) is 13.7. The second kappa shape index (κ2) is 14.8. The molecular weight excluding hydrogens is 583 g/mol. The van der Waals surface area contributed by atoms with Crippen LogP contribution in [0.3, 0.4) is 0 Å². The number of hydrogen-bond acceptors (Lipinski definition) is 5. The van der Waals surface area contributed by atoms with Crippen molar-refractivity contribution in [2.24, 2.45) is 5.92 Å². The molecule has 2 N–H and O–H groups in total. The van der Waals surface area contributed by atoms with Crippen LogP contribution in [0.2, 0.25) is 0 Å². The van der Waals surface area contributed by atoms with Gasteiger partial charge in [-0.3, -0.25) is 0 Å². The quantitative estimate of drug-likeness (QED) is 0.234. The van der Waals surface area contributed by atoms with E-state index in [-0.39, 0.29) is 44.4 Å². The van der Waals surface area contributed by atoms with Gasteiger partial charge in [-0.1, -0.05) is 26.0 Å². The Labute approximate surface area is 229 Å². The number of urea groups is 1. The van der Waals surface area contributed by atoms with Crippen molar-refractivity contribution in [3.05, 3.63) is 29.8 Å². The molecule has 8 nitrogen and oxygen atoms in total. The van der Waals surface area contributed by atoms with E-state index in [2.05, 4.69) is 10.1 Å². The lowest BCUT2D eigenvalue weighted by Crippen LogP contribution is -2.62. The summed E-state index contributed by atoms with van der Waals surface area (Å²) in [7, 11) is 0. The highest BCUT2D eigenvalue weighted by atomic mass is 19.4. The predicted molar refractivity (Wildman–Crippen MR) is 125 cm³/mol. The first-order valence-corrected chi connectivity index (χ1v) is 12.2. The van der Waals surface area contributed by atoms with Crippen LogP contribution in [0.1, 0.15) is 26.3 Å². The van der Waals surface area contributed by atoms with E-state index in [4.69, 9.17) is 14.6 Å². The third kappa shape index (κ3) is 10.1. The zero-order valence-electron chi connectivity index (χ0n) is 22.3. The third-order valence-corrected chi connectivity index (χ3v) is 5.33. The Bertz CT molecular complexity index is 975. The molecule has 1 aromatic carbocycles. The van der Waals surface area contributed by atoms with Crippen LogP contribution in [0, 0.1) is 5.92 Å². The lowest BCUT2D eigenvalue weighted by atomic mass is 10.1. The molecule has 17 heteroatoms. The first-order valence-electron chi connectivity index (χ1n) is 12.2. The summed E-state index contributed by atoms with van der Waals surface area (Å²) in [5, 5.41) is 11.6. The van der Waals surface area contributed by atoms with Gasteiger partial charge in [-0.2, -0.15) is 39.5 Å². The first kappa shape index (κ1) is 36.1. The molecule has 0 aliphatic carbocycles. The first-order chi connectivity index (χ1) is 18.8. The Morgan fingerprint density at radius 2 is 1.49 bits per heavy atom. The minimum Gasteiger partial charge on any atom is -0.492 e. The van der Waals surface area contributed by atoms with Crippen LogP contribution < -0.4 is 10.1 Å². The fourth-order valence-corrected chi connectivity index (χ4v) is 3.08. The number of carboxylic acids is 1. The summed E-state index contributed by atoms with van der Waals surface area (Å²) in [4.78, 5) is 24.4. The fourth-order valence-electron chi connectivity index (χ4n) is 3.08. The van der Waals surface area contributed by atoms with Gasteiger partial charge in [-0.25, -0.2) is 9.59 Å². The summed E-state index contributed by atoms with van der Waals surface area (Å²) in [5.41, 5.74) is 0.596. The maximum Gasteiger partial charge on any atom is 0.460 e. The Balaban J connectivity index is 2.84. The van der Waals surface area contributed by atoms with E-state index in [9.17, 15) is 49.1 Å². The van der Waals surface area contributed by atoms with Crippen LogP contribution in [-0.2, 0) is 20.7 Å². The smallest absolute Gasteiger partial charge is 0.460 e. The molecule has 0 heterocycles. The molecule has 1 aromatic rings. The second-order valence-corrected chi connectivity index (χ2v) is 9.06. The fraction of sp³-hybridized carbons (Fsp3) is 0.667. The van der Waals surface area contributed by atoms with E-state index in [0.717, 1.165) is 4.90 Å². The van der Waals surface area contributed by atoms with E-state index in [1.54, 1.807) is 32.9 Å². The van der Waals surface area contributed by atoms with Crippen molar-refractivity contribution in [3.8, 4) is 5.75 Å². The molecule has 41 heavy (non-hydrogen) atoms. The van der Waals surface area contributed by atoms with E-state index in [1.165, 1.54) is 12.1 Å². The van der Waals surface area contributed by atoms with Crippen molar-refractivity contribution in [1.82, 2.24) is 10.2 Å². The van der Waals surface area contributed by atoms with Crippen molar-refractivity contribution in [2.75, 3.05) is 39.5 Å². The van der Waals surface area contributed by atoms with Crippen molar-refractivity contribution in [2.45, 2.75) is 57.4 Å². The molecule has 0 bridgehead atoms. The van der Waals surface area contributed by atoms with E-state index in [0.29, 0.717) is 5.56 Å². The molecule has 0 aliphatic rings. The van der Waals surface area contributed by atoms with Gasteiger partial charge in [-0.15, -0.1) is 0 Å². The summed E-state index contributed by atoms with van der Waals surface area (Å²) in [5.74, 6) is -15.0. The standard InChI is InChI=1S/C24H31F9N2O6/c1-4-39-18(19(36)37)13-16-5-7-17(8-6-16)40-11-9-35(20(38)34-14-15(2)3)10-12-41-24(32,33)22(27,28)21(25,26)23(29,30)31/h5-8,15,18H,4,9-14H2,1-3H3,(H,34,38)(H,36,37). The number of aliphatic carboxylic acids is 1. The highest BCUT2D eigenvalue weighted by Gasteiger charge is 2.82. The maximum atomic E-state index is 13.7. The highest BCUT2D eigenvalue weighted by Crippen LogP contribution is 2.53. The molecule has 0 saturated heterocycles. The van der Waals surface area contributed by atoms with Crippen molar-refractivity contribution >= 4 is 12.0 Å². The lowest BCUT2D eigenvalue weighted by Gasteiger charge is -2.33. The summed E-state index contributed by atoms with van der Waals surface area (Å²) in [6, 6.07) is 5.13. The zero-order valence-corrected chi connectivity index (χ0v) is 22.3. The molecule has 2 amide bonds. The number of halogens is 9. The van der Waals surface area contributed by atoms with Gasteiger partial charge >= 0.3 is 36.1 Å². The molecule has 236 valence electrons. The minimum absolute atomic E-state index is 0.0613. The molecule has 1 unspecified atom stereocenters. The number of benzene rings is 1. The summed E-state index contributed by atoms with van der Waals surface area (Å²) < 4.78 is 131. The largest absolute Gasteiger partial charge is 0.492 e. The molecule has 0 aliphatic heterocycles. The summed E-state index contributed by atoms with van der Waals surface area (Å²) >= 11 is 0. The molecule has 1 rings (SSSR count). The number of ether oxygens (including phenoxy) is 3. The zero-order chi connectivity index (χ0) is 31.6. The number of alkyl halides is 9. The molecule has 1 atom stereocenters. The Morgan fingerprint density at radius 1 is 0.927 bits per heavy atom. The monoisotopic (exact) mass is 614 g/mol. The van der Waals surface area contributed by atoms with Crippen molar-refractivity contribution in [1.29, 1.82) is 0 Å². The second-order valence-electron chi connectivity index (χ2n) is 9.06. The molecule has 0 radical (unpaired) electrons. The summed E-state index contributed by atoms with van der Waals surface area (Å²) in [6.07, 6.45) is -14.2. The van der Waals surface area contributed by atoms with Crippen LogP contribution in [0.4, 0.5) is 44.3 Å². The third-order valence-electron chi connectivity index (χ3n) is 5.33. The SMILES string of the molecule is CCOC(Cc1ccc(OCCN(CCOC(F)(F)C(F)(F)C(F)(F)C(F)(F)F)C(=O)NCC(C)C)cc1)C(=O)O. The summed E-state index contributed by atoms with van der Waals surface area (Å²) in [6.45, 7) is 2.29. The number of rotatable bonds is 17. The predicted octanol–water partition coefficient (Wildman–Crippen LogP) is 5.21. The van der Waals surface area contributed by atoms with Gasteiger partial charge in [0.05, 0.1) is 13.2 Å². The number of carbonyl (C=O) groups excluding carboxylic acids is 1.